The average molecular weight is 399 g/mol. The summed E-state index contributed by atoms with van der Waals surface area (Å²) < 4.78 is 19.0. The van der Waals surface area contributed by atoms with Crippen molar-refractivity contribution < 1.29 is 13.8 Å². The predicted molar refractivity (Wildman–Crippen MR) is 104 cm³/mol. The lowest BCUT2D eigenvalue weighted by molar-refractivity contribution is -0.383. The molecule has 1 saturated heterocycles. The first-order valence-corrected chi connectivity index (χ1v) is 8.97. The molecule has 1 N–H and O–H groups in total. The third-order valence-electron chi connectivity index (χ3n) is 4.63. The van der Waals surface area contributed by atoms with E-state index in [2.05, 4.69) is 20.4 Å². The summed E-state index contributed by atoms with van der Waals surface area (Å²) in [6.45, 7) is 3.64. The first kappa shape index (κ1) is 18.6. The molecule has 0 atom stereocenters. The molecular formula is C18H18FN7O3. The Morgan fingerprint density at radius 1 is 1.17 bits per heavy atom. The minimum atomic E-state index is -0.520. The van der Waals surface area contributed by atoms with E-state index in [-0.39, 0.29) is 23.1 Å². The number of halogens is 1. The Labute approximate surface area is 165 Å². The molecule has 150 valence electrons. The van der Waals surface area contributed by atoms with Gasteiger partial charge in [-0.25, -0.2) is 14.4 Å². The van der Waals surface area contributed by atoms with Gasteiger partial charge in [0.15, 0.2) is 5.82 Å². The second kappa shape index (κ2) is 7.70. The van der Waals surface area contributed by atoms with Crippen LogP contribution < -0.4 is 15.1 Å². The highest BCUT2D eigenvalue weighted by Gasteiger charge is 2.30. The maximum atomic E-state index is 14.0. The van der Waals surface area contributed by atoms with Crippen LogP contribution in [0.5, 0.6) is 0 Å². The van der Waals surface area contributed by atoms with Crippen LogP contribution in [0.15, 0.2) is 41.2 Å². The summed E-state index contributed by atoms with van der Waals surface area (Å²) in [5, 5.41) is 18.4. The van der Waals surface area contributed by atoms with Crippen LogP contribution >= 0.6 is 0 Å². The quantitative estimate of drug-likeness (QED) is 0.511. The van der Waals surface area contributed by atoms with Crippen molar-refractivity contribution in [1.82, 2.24) is 15.1 Å². The van der Waals surface area contributed by atoms with Crippen molar-refractivity contribution in [3.05, 3.63) is 58.4 Å². The number of para-hydroxylation sites is 1. The lowest BCUT2D eigenvalue weighted by Gasteiger charge is -2.36. The molecule has 10 nitrogen and oxygen atoms in total. The highest BCUT2D eigenvalue weighted by Crippen LogP contribution is 2.34. The fraction of sp³-hybridized carbons (Fsp3) is 0.278. The van der Waals surface area contributed by atoms with Gasteiger partial charge in [-0.3, -0.25) is 10.1 Å². The first-order valence-electron chi connectivity index (χ1n) is 8.97. The van der Waals surface area contributed by atoms with Gasteiger partial charge in [-0.05, 0) is 19.1 Å². The lowest BCUT2D eigenvalue weighted by Crippen LogP contribution is -2.47. The zero-order chi connectivity index (χ0) is 20.4. The number of nitro groups is 1. The Bertz CT molecular complexity index is 1030. The summed E-state index contributed by atoms with van der Waals surface area (Å²) in [6, 6.07) is 8.17. The number of rotatable bonds is 5. The van der Waals surface area contributed by atoms with Gasteiger partial charge in [0.05, 0.1) is 10.6 Å². The molecule has 29 heavy (non-hydrogen) atoms. The number of piperazine rings is 1. The third-order valence-corrected chi connectivity index (χ3v) is 4.63. The number of nitrogens with one attached hydrogen (secondary N) is 1. The maximum absolute atomic E-state index is 14.0. The summed E-state index contributed by atoms with van der Waals surface area (Å²) in [6.07, 6.45) is 1.26. The van der Waals surface area contributed by atoms with Crippen LogP contribution in [-0.2, 0) is 0 Å². The molecule has 0 unspecified atom stereocenters. The highest BCUT2D eigenvalue weighted by atomic mass is 19.1. The van der Waals surface area contributed by atoms with Crippen LogP contribution in [-0.4, -0.2) is 46.2 Å². The van der Waals surface area contributed by atoms with Crippen LogP contribution in [0.2, 0.25) is 0 Å². The zero-order valence-electron chi connectivity index (χ0n) is 15.6. The second-order valence-electron chi connectivity index (χ2n) is 6.52. The third kappa shape index (κ3) is 3.79. The topological polar surface area (TPSA) is 113 Å². The number of hydrogen-bond donors (Lipinski definition) is 1. The van der Waals surface area contributed by atoms with Crippen LogP contribution in [0, 0.1) is 22.9 Å². The molecule has 3 heterocycles. The molecule has 2 aromatic heterocycles. The minimum absolute atomic E-state index is 0.0323. The molecule has 4 rings (SSSR count). The van der Waals surface area contributed by atoms with Crippen molar-refractivity contribution in [2.45, 2.75) is 6.92 Å². The molecule has 1 aromatic carbocycles. The van der Waals surface area contributed by atoms with Gasteiger partial charge in [-0.15, -0.1) is 0 Å². The summed E-state index contributed by atoms with van der Waals surface area (Å²) in [4.78, 5) is 23.1. The van der Waals surface area contributed by atoms with Gasteiger partial charge < -0.3 is 19.6 Å². The number of hydrogen-bond acceptors (Lipinski definition) is 9. The molecule has 1 aliphatic heterocycles. The van der Waals surface area contributed by atoms with E-state index >= 15 is 0 Å². The van der Waals surface area contributed by atoms with Crippen LogP contribution in [0.25, 0.3) is 0 Å². The van der Waals surface area contributed by atoms with E-state index < -0.39 is 4.92 Å². The Balaban J connectivity index is 1.56. The summed E-state index contributed by atoms with van der Waals surface area (Å²) >= 11 is 0. The van der Waals surface area contributed by atoms with E-state index in [1.807, 2.05) is 4.90 Å². The van der Waals surface area contributed by atoms with Gasteiger partial charge in [0, 0.05) is 32.2 Å². The molecule has 11 heteroatoms. The predicted octanol–water partition coefficient (Wildman–Crippen LogP) is 2.89. The van der Waals surface area contributed by atoms with E-state index in [1.54, 1.807) is 36.1 Å². The average Bonchev–Trinajstić information content (AvgIpc) is 3.13. The van der Waals surface area contributed by atoms with E-state index in [9.17, 15) is 14.5 Å². The van der Waals surface area contributed by atoms with Gasteiger partial charge in [-0.2, -0.15) is 0 Å². The lowest BCUT2D eigenvalue weighted by atomic mass is 10.2. The maximum Gasteiger partial charge on any atom is 0.353 e. The first-order chi connectivity index (χ1) is 14.0. The number of nitrogens with zero attached hydrogens (tertiary/aromatic N) is 6. The molecular weight excluding hydrogens is 381 g/mol. The fourth-order valence-electron chi connectivity index (χ4n) is 3.27. The monoisotopic (exact) mass is 399 g/mol. The molecule has 0 spiro atoms. The van der Waals surface area contributed by atoms with Crippen molar-refractivity contribution in [3.8, 4) is 0 Å². The summed E-state index contributed by atoms with van der Waals surface area (Å²) in [5.41, 5.74) is 0.278. The molecule has 1 fully saturated rings. The van der Waals surface area contributed by atoms with Gasteiger partial charge in [0.2, 0.25) is 11.6 Å². The van der Waals surface area contributed by atoms with E-state index in [4.69, 9.17) is 4.52 Å². The van der Waals surface area contributed by atoms with Gasteiger partial charge in [-0.1, -0.05) is 17.3 Å². The molecule has 0 amide bonds. The smallest absolute Gasteiger partial charge is 0.353 e. The normalized spacial score (nSPS) is 14.1. The minimum Gasteiger partial charge on any atom is -0.366 e. The highest BCUT2D eigenvalue weighted by molar-refractivity contribution is 5.73. The zero-order valence-corrected chi connectivity index (χ0v) is 15.6. The van der Waals surface area contributed by atoms with Crippen LogP contribution in [0.3, 0.4) is 0 Å². The van der Waals surface area contributed by atoms with E-state index in [0.717, 1.165) is 0 Å². The van der Waals surface area contributed by atoms with E-state index in [0.29, 0.717) is 43.4 Å². The van der Waals surface area contributed by atoms with Crippen molar-refractivity contribution >= 4 is 28.8 Å². The van der Waals surface area contributed by atoms with Crippen molar-refractivity contribution in [2.24, 2.45) is 0 Å². The molecule has 3 aromatic rings. The molecule has 0 radical (unpaired) electrons. The van der Waals surface area contributed by atoms with E-state index in [1.165, 1.54) is 12.4 Å². The van der Waals surface area contributed by atoms with Gasteiger partial charge in [0.1, 0.15) is 17.9 Å². The SMILES string of the molecule is Cc1cc(Nc2ncnc(N3CCN(c4ccccc4F)CC3)c2[N+](=O)[O-])no1. The van der Waals surface area contributed by atoms with Crippen molar-refractivity contribution in [3.63, 3.8) is 0 Å². The summed E-state index contributed by atoms with van der Waals surface area (Å²) in [7, 11) is 0. The van der Waals surface area contributed by atoms with Crippen molar-refractivity contribution in [2.75, 3.05) is 41.3 Å². The number of anilines is 4. The fourth-order valence-corrected chi connectivity index (χ4v) is 3.27. The van der Waals surface area contributed by atoms with Crippen molar-refractivity contribution in [1.29, 1.82) is 0 Å². The number of benzene rings is 1. The second-order valence-corrected chi connectivity index (χ2v) is 6.52. The Morgan fingerprint density at radius 2 is 1.90 bits per heavy atom. The van der Waals surface area contributed by atoms with Gasteiger partial charge in [0.25, 0.3) is 0 Å². The van der Waals surface area contributed by atoms with Crippen LogP contribution in [0.4, 0.5) is 33.2 Å². The largest absolute Gasteiger partial charge is 0.366 e. The molecule has 0 aliphatic carbocycles. The summed E-state index contributed by atoms with van der Waals surface area (Å²) in [5.74, 6) is 0.836. The van der Waals surface area contributed by atoms with Gasteiger partial charge >= 0.3 is 5.69 Å². The molecule has 0 saturated carbocycles. The van der Waals surface area contributed by atoms with Crippen LogP contribution in [0.1, 0.15) is 5.76 Å². The molecule has 0 bridgehead atoms. The molecule has 1 aliphatic rings. The Kier molecular flexibility index (Phi) is 4.94. The number of aryl methyl sites for hydroxylation is 1. The standard InChI is InChI=1S/C18H18FN7O3/c1-12-10-15(23-29-12)22-17-16(26(27)28)18(21-11-20-17)25-8-6-24(7-9-25)14-5-3-2-4-13(14)19/h2-5,10-11H,6-9H2,1H3,(H,20,21,22,23). The Morgan fingerprint density at radius 3 is 2.55 bits per heavy atom. The Hall–Kier alpha value is -3.76. The number of aromatic nitrogens is 3.